The van der Waals surface area contributed by atoms with Crippen molar-refractivity contribution in [3.05, 3.63) is 0 Å². The van der Waals surface area contributed by atoms with Gasteiger partial charge in [-0.2, -0.15) is 0 Å². The highest BCUT2D eigenvalue weighted by molar-refractivity contribution is 4.93. The van der Waals surface area contributed by atoms with Crippen LogP contribution in [0.1, 0.15) is 72.1 Å². The standard InChI is InChI=1S/C18H36N2/c1-5-18(2,3)15-11-10-14(13-19)17(12-15)20(4)16-8-6-7-9-16/h14-17H,5-13,19H2,1-4H3. The molecule has 0 spiro atoms. The Labute approximate surface area is 126 Å². The van der Waals surface area contributed by atoms with Crippen LogP contribution in [-0.4, -0.2) is 30.6 Å². The summed E-state index contributed by atoms with van der Waals surface area (Å²) in [6.45, 7) is 8.16. The lowest BCUT2D eigenvalue weighted by molar-refractivity contribution is 0.0312. The molecule has 118 valence electrons. The van der Waals surface area contributed by atoms with Crippen LogP contribution in [0.25, 0.3) is 0 Å². The van der Waals surface area contributed by atoms with Gasteiger partial charge in [0.05, 0.1) is 0 Å². The first-order chi connectivity index (χ1) is 9.49. The van der Waals surface area contributed by atoms with Gasteiger partial charge in [0.15, 0.2) is 0 Å². The Bertz CT molecular complexity index is 294. The van der Waals surface area contributed by atoms with Gasteiger partial charge in [0.2, 0.25) is 0 Å². The second-order valence-electron chi connectivity index (χ2n) is 8.02. The van der Waals surface area contributed by atoms with Crippen molar-refractivity contribution in [3.63, 3.8) is 0 Å². The van der Waals surface area contributed by atoms with Gasteiger partial charge in [0.1, 0.15) is 0 Å². The zero-order valence-electron chi connectivity index (χ0n) is 14.2. The molecule has 0 radical (unpaired) electrons. The summed E-state index contributed by atoms with van der Waals surface area (Å²) >= 11 is 0. The van der Waals surface area contributed by atoms with Crippen LogP contribution in [0.5, 0.6) is 0 Å². The van der Waals surface area contributed by atoms with Gasteiger partial charge < -0.3 is 10.6 Å². The first-order valence-electron chi connectivity index (χ1n) is 8.91. The van der Waals surface area contributed by atoms with Crippen molar-refractivity contribution in [2.45, 2.75) is 84.2 Å². The monoisotopic (exact) mass is 280 g/mol. The SMILES string of the molecule is CCC(C)(C)C1CCC(CN)C(N(C)C2CCCC2)C1. The highest BCUT2D eigenvalue weighted by Crippen LogP contribution is 2.44. The Hall–Kier alpha value is -0.0800. The molecule has 2 heteroatoms. The van der Waals surface area contributed by atoms with Crippen molar-refractivity contribution >= 4 is 0 Å². The Morgan fingerprint density at radius 3 is 2.30 bits per heavy atom. The highest BCUT2D eigenvalue weighted by Gasteiger charge is 2.39. The molecule has 0 amide bonds. The van der Waals surface area contributed by atoms with Gasteiger partial charge in [-0.1, -0.05) is 40.0 Å². The Balaban J connectivity index is 2.05. The van der Waals surface area contributed by atoms with E-state index in [0.717, 1.165) is 30.5 Å². The van der Waals surface area contributed by atoms with Crippen LogP contribution in [0.2, 0.25) is 0 Å². The van der Waals surface area contributed by atoms with E-state index in [0.29, 0.717) is 5.41 Å². The average molecular weight is 280 g/mol. The molecule has 2 aliphatic carbocycles. The van der Waals surface area contributed by atoms with Gasteiger partial charge in [0.25, 0.3) is 0 Å². The van der Waals surface area contributed by atoms with E-state index < -0.39 is 0 Å². The second-order valence-corrected chi connectivity index (χ2v) is 8.02. The third kappa shape index (κ3) is 3.39. The summed E-state index contributed by atoms with van der Waals surface area (Å²) in [6, 6.07) is 1.56. The quantitative estimate of drug-likeness (QED) is 0.823. The molecular formula is C18H36N2. The van der Waals surface area contributed by atoms with Crippen molar-refractivity contribution in [1.82, 2.24) is 4.90 Å². The maximum Gasteiger partial charge on any atom is 0.0138 e. The Kier molecular flexibility index (Phi) is 5.53. The summed E-state index contributed by atoms with van der Waals surface area (Å²) in [5, 5.41) is 0. The largest absolute Gasteiger partial charge is 0.330 e. The summed E-state index contributed by atoms with van der Waals surface area (Å²) in [4.78, 5) is 2.72. The molecule has 0 aliphatic heterocycles. The van der Waals surface area contributed by atoms with Crippen molar-refractivity contribution in [2.24, 2.45) is 23.0 Å². The minimum atomic E-state index is 0.494. The zero-order valence-corrected chi connectivity index (χ0v) is 14.2. The van der Waals surface area contributed by atoms with Crippen LogP contribution in [-0.2, 0) is 0 Å². The summed E-state index contributed by atoms with van der Waals surface area (Å²) in [7, 11) is 2.38. The minimum Gasteiger partial charge on any atom is -0.330 e. The lowest BCUT2D eigenvalue weighted by Gasteiger charge is -2.47. The van der Waals surface area contributed by atoms with Gasteiger partial charge in [-0.05, 0) is 62.9 Å². The Morgan fingerprint density at radius 2 is 1.75 bits per heavy atom. The van der Waals surface area contributed by atoms with Crippen molar-refractivity contribution in [3.8, 4) is 0 Å². The lowest BCUT2D eigenvalue weighted by Crippen LogP contribution is -2.50. The molecule has 2 nitrogen and oxygen atoms in total. The van der Waals surface area contributed by atoms with E-state index in [-0.39, 0.29) is 0 Å². The molecule has 0 aromatic rings. The molecule has 0 aromatic carbocycles. The smallest absolute Gasteiger partial charge is 0.0138 e. The molecule has 0 aromatic heterocycles. The van der Waals surface area contributed by atoms with Gasteiger partial charge in [-0.3, -0.25) is 0 Å². The summed E-state index contributed by atoms with van der Waals surface area (Å²) in [5.74, 6) is 1.61. The maximum absolute atomic E-state index is 6.09. The van der Waals surface area contributed by atoms with Gasteiger partial charge in [0, 0.05) is 12.1 Å². The van der Waals surface area contributed by atoms with Gasteiger partial charge in [-0.15, -0.1) is 0 Å². The molecule has 2 N–H and O–H groups in total. The molecule has 0 saturated heterocycles. The predicted molar refractivity (Wildman–Crippen MR) is 87.8 cm³/mol. The zero-order chi connectivity index (χ0) is 14.8. The number of hydrogen-bond donors (Lipinski definition) is 1. The number of hydrogen-bond acceptors (Lipinski definition) is 2. The molecule has 2 fully saturated rings. The molecule has 0 heterocycles. The van der Waals surface area contributed by atoms with Crippen LogP contribution in [0.3, 0.4) is 0 Å². The third-order valence-electron chi connectivity index (χ3n) is 6.70. The van der Waals surface area contributed by atoms with Crippen LogP contribution in [0, 0.1) is 17.3 Å². The minimum absolute atomic E-state index is 0.494. The molecular weight excluding hydrogens is 244 g/mol. The van der Waals surface area contributed by atoms with E-state index in [4.69, 9.17) is 5.73 Å². The fourth-order valence-electron chi connectivity index (χ4n) is 4.56. The van der Waals surface area contributed by atoms with E-state index in [1.54, 1.807) is 0 Å². The summed E-state index contributed by atoms with van der Waals surface area (Å²) in [5.41, 5.74) is 6.58. The number of rotatable bonds is 5. The van der Waals surface area contributed by atoms with Gasteiger partial charge >= 0.3 is 0 Å². The number of nitrogens with two attached hydrogens (primary N) is 1. The topological polar surface area (TPSA) is 29.3 Å². The van der Waals surface area contributed by atoms with Crippen molar-refractivity contribution < 1.29 is 0 Å². The fraction of sp³-hybridized carbons (Fsp3) is 1.00. The van der Waals surface area contributed by atoms with Crippen LogP contribution >= 0.6 is 0 Å². The lowest BCUT2D eigenvalue weighted by atomic mass is 9.65. The van der Waals surface area contributed by atoms with Crippen molar-refractivity contribution in [2.75, 3.05) is 13.6 Å². The average Bonchev–Trinajstić information content (AvgIpc) is 3.00. The van der Waals surface area contributed by atoms with Crippen LogP contribution in [0.4, 0.5) is 0 Å². The second kappa shape index (κ2) is 6.79. The van der Waals surface area contributed by atoms with E-state index in [2.05, 4.69) is 32.7 Å². The van der Waals surface area contributed by atoms with Crippen molar-refractivity contribution in [1.29, 1.82) is 0 Å². The molecule has 2 rings (SSSR count). The summed E-state index contributed by atoms with van der Waals surface area (Å²) < 4.78 is 0. The first-order valence-corrected chi connectivity index (χ1v) is 8.91. The molecule has 2 aliphatic rings. The molecule has 3 unspecified atom stereocenters. The Morgan fingerprint density at radius 1 is 1.10 bits per heavy atom. The number of nitrogens with zero attached hydrogens (tertiary/aromatic N) is 1. The van der Waals surface area contributed by atoms with Crippen LogP contribution < -0.4 is 5.73 Å². The maximum atomic E-state index is 6.09. The molecule has 3 atom stereocenters. The summed E-state index contributed by atoms with van der Waals surface area (Å²) in [6.07, 6.45) is 11.1. The predicted octanol–water partition coefficient (Wildman–Crippen LogP) is 4.04. The van der Waals surface area contributed by atoms with E-state index >= 15 is 0 Å². The van der Waals surface area contributed by atoms with Gasteiger partial charge in [-0.25, -0.2) is 0 Å². The normalized spacial score (nSPS) is 33.0. The molecule has 0 bridgehead atoms. The molecule has 20 heavy (non-hydrogen) atoms. The van der Waals surface area contributed by atoms with Crippen LogP contribution in [0.15, 0.2) is 0 Å². The van der Waals surface area contributed by atoms with E-state index in [1.807, 2.05) is 0 Å². The van der Waals surface area contributed by atoms with E-state index in [9.17, 15) is 0 Å². The van der Waals surface area contributed by atoms with E-state index in [1.165, 1.54) is 51.4 Å². The highest BCUT2D eigenvalue weighted by atomic mass is 15.2. The first kappa shape index (κ1) is 16.3. The molecule has 2 saturated carbocycles. The third-order valence-corrected chi connectivity index (χ3v) is 6.70. The fourth-order valence-corrected chi connectivity index (χ4v) is 4.56.